The number of ether oxygens (including phenoxy) is 2. The van der Waals surface area contributed by atoms with Crippen molar-refractivity contribution in [2.24, 2.45) is 0 Å². The number of benzene rings is 2. The first-order chi connectivity index (χ1) is 17.0. The number of carbonyl (C=O) groups excluding carboxylic acids is 2. The molecule has 0 saturated carbocycles. The van der Waals surface area contributed by atoms with E-state index in [-0.39, 0.29) is 34.8 Å². The van der Waals surface area contributed by atoms with Crippen molar-refractivity contribution in [2.75, 3.05) is 14.2 Å². The molecule has 1 fully saturated rings. The smallest absolute Gasteiger partial charge is 0.416 e. The molecule has 0 spiro atoms. The molecule has 0 bridgehead atoms. The zero-order chi connectivity index (χ0) is 26.2. The average Bonchev–Trinajstić information content (AvgIpc) is 3.39. The number of hydrogen-bond donors (Lipinski definition) is 1. The highest BCUT2D eigenvalue weighted by Crippen LogP contribution is 2.42. The number of likely N-dealkylation sites (tertiary alicyclic amines) is 1. The molecular formula is C26H22F3NO6. The number of rotatable bonds is 6. The maximum absolute atomic E-state index is 13.2. The topological polar surface area (TPSA) is 89.2 Å². The summed E-state index contributed by atoms with van der Waals surface area (Å²) in [7, 11) is 2.84. The average molecular weight is 501 g/mol. The third-order valence-electron chi connectivity index (χ3n) is 5.83. The van der Waals surface area contributed by atoms with Crippen LogP contribution < -0.4 is 9.47 Å². The Hall–Kier alpha value is -4.21. The van der Waals surface area contributed by atoms with Crippen LogP contribution in [0.1, 0.15) is 34.3 Å². The number of Topliss-reactive ketones (excluding diaryl/α,β-unsaturated/α-hetero) is 1. The molecule has 10 heteroatoms. The summed E-state index contributed by atoms with van der Waals surface area (Å²) in [5.41, 5.74) is -0.801. The minimum atomic E-state index is -4.57. The second-order valence-corrected chi connectivity index (χ2v) is 8.14. The Morgan fingerprint density at radius 2 is 1.75 bits per heavy atom. The zero-order valence-corrected chi connectivity index (χ0v) is 19.6. The first-order valence-electron chi connectivity index (χ1n) is 10.8. The number of ketones is 1. The van der Waals surface area contributed by atoms with Crippen LogP contribution in [-0.2, 0) is 22.3 Å². The molecule has 1 atom stereocenters. The molecule has 0 radical (unpaired) electrons. The van der Waals surface area contributed by atoms with E-state index in [2.05, 4.69) is 0 Å². The van der Waals surface area contributed by atoms with Crippen molar-refractivity contribution in [1.29, 1.82) is 0 Å². The van der Waals surface area contributed by atoms with Crippen molar-refractivity contribution in [3.05, 3.63) is 88.4 Å². The first-order valence-corrected chi connectivity index (χ1v) is 10.8. The lowest BCUT2D eigenvalue weighted by Gasteiger charge is -2.24. The molecule has 1 N–H and O–H groups in total. The molecule has 1 aliphatic rings. The van der Waals surface area contributed by atoms with Gasteiger partial charge in [-0.1, -0.05) is 12.1 Å². The van der Waals surface area contributed by atoms with E-state index >= 15 is 0 Å². The summed E-state index contributed by atoms with van der Waals surface area (Å²) in [5, 5.41) is 11.2. The van der Waals surface area contributed by atoms with Gasteiger partial charge in [0.05, 0.1) is 25.4 Å². The number of carbonyl (C=O) groups is 2. The van der Waals surface area contributed by atoms with Crippen molar-refractivity contribution in [3.8, 4) is 11.5 Å². The van der Waals surface area contributed by atoms with Crippen LogP contribution in [0.4, 0.5) is 13.2 Å². The minimum absolute atomic E-state index is 0.158. The quantitative estimate of drug-likeness (QED) is 0.282. The number of amides is 1. The number of aryl methyl sites for hydroxylation is 1. The van der Waals surface area contributed by atoms with Crippen LogP contribution in [0, 0.1) is 6.92 Å². The first kappa shape index (κ1) is 24.9. The maximum atomic E-state index is 13.2. The van der Waals surface area contributed by atoms with Crippen LogP contribution in [0.25, 0.3) is 5.76 Å². The van der Waals surface area contributed by atoms with Gasteiger partial charge in [0.15, 0.2) is 11.5 Å². The molecule has 36 heavy (non-hydrogen) atoms. The van der Waals surface area contributed by atoms with Crippen molar-refractivity contribution in [1.82, 2.24) is 4.90 Å². The van der Waals surface area contributed by atoms with E-state index in [0.717, 1.165) is 17.0 Å². The second-order valence-electron chi connectivity index (χ2n) is 8.14. The molecule has 3 aromatic rings. The van der Waals surface area contributed by atoms with E-state index in [1.54, 1.807) is 19.1 Å². The van der Waals surface area contributed by atoms with Crippen LogP contribution in [0.3, 0.4) is 0 Å². The van der Waals surface area contributed by atoms with Gasteiger partial charge < -0.3 is 23.9 Å². The zero-order valence-electron chi connectivity index (χ0n) is 19.6. The van der Waals surface area contributed by atoms with E-state index < -0.39 is 35.2 Å². The number of alkyl halides is 3. The Kier molecular flexibility index (Phi) is 6.53. The predicted molar refractivity (Wildman–Crippen MR) is 122 cm³/mol. The summed E-state index contributed by atoms with van der Waals surface area (Å²) >= 11 is 0. The highest BCUT2D eigenvalue weighted by Gasteiger charge is 2.47. The lowest BCUT2D eigenvalue weighted by Crippen LogP contribution is -2.29. The van der Waals surface area contributed by atoms with Crippen LogP contribution >= 0.6 is 0 Å². The fourth-order valence-corrected chi connectivity index (χ4v) is 4.12. The van der Waals surface area contributed by atoms with Crippen LogP contribution in [0.2, 0.25) is 0 Å². The van der Waals surface area contributed by atoms with Gasteiger partial charge in [-0.05, 0) is 55.0 Å². The lowest BCUT2D eigenvalue weighted by molar-refractivity contribution is -0.140. The normalized spacial score (nSPS) is 17.5. The molecule has 188 valence electrons. The summed E-state index contributed by atoms with van der Waals surface area (Å²) in [6.07, 6.45) is -4.57. The molecule has 1 aliphatic heterocycles. The number of methoxy groups -OCH3 is 2. The van der Waals surface area contributed by atoms with Crippen LogP contribution in [-0.4, -0.2) is 35.9 Å². The van der Waals surface area contributed by atoms with Crippen molar-refractivity contribution in [3.63, 3.8) is 0 Å². The van der Waals surface area contributed by atoms with Gasteiger partial charge >= 0.3 is 6.18 Å². The standard InChI is InChI=1S/C26H22F3NO6/c1-14-7-9-19(36-14)22-21(23(31)16-8-10-18(34-2)20(12-16)35-3)24(32)25(33)30(22)13-15-5-4-6-17(11-15)26(27,28)29/h4-12,22,31H,13H2,1-3H3/b23-21-. The van der Waals surface area contributed by atoms with Crippen molar-refractivity contribution in [2.45, 2.75) is 25.7 Å². The Labute approximate surface area is 204 Å². The van der Waals surface area contributed by atoms with Gasteiger partial charge in [-0.15, -0.1) is 0 Å². The van der Waals surface area contributed by atoms with E-state index in [1.807, 2.05) is 0 Å². The van der Waals surface area contributed by atoms with E-state index in [9.17, 15) is 27.9 Å². The SMILES string of the molecule is COc1ccc(/C(O)=C2/C(=O)C(=O)N(Cc3cccc(C(F)(F)F)c3)C2c2ccc(C)o2)cc1OC. The van der Waals surface area contributed by atoms with Gasteiger partial charge in [0.1, 0.15) is 23.3 Å². The van der Waals surface area contributed by atoms with E-state index in [4.69, 9.17) is 13.9 Å². The molecule has 1 amide bonds. The number of aliphatic hydroxyl groups is 1. The highest BCUT2D eigenvalue weighted by atomic mass is 19.4. The van der Waals surface area contributed by atoms with Gasteiger partial charge in [-0.25, -0.2) is 0 Å². The molecule has 7 nitrogen and oxygen atoms in total. The van der Waals surface area contributed by atoms with Gasteiger partial charge in [-0.3, -0.25) is 9.59 Å². The van der Waals surface area contributed by atoms with E-state index in [0.29, 0.717) is 11.5 Å². The fraction of sp³-hybridized carbons (Fsp3) is 0.231. The summed E-state index contributed by atoms with van der Waals surface area (Å²) < 4.78 is 55.8. The van der Waals surface area contributed by atoms with Gasteiger partial charge in [-0.2, -0.15) is 13.2 Å². The van der Waals surface area contributed by atoms with Crippen molar-refractivity contribution < 1.29 is 41.8 Å². The molecule has 1 unspecified atom stereocenters. The summed E-state index contributed by atoms with van der Waals surface area (Å²) in [6, 6.07) is 10.9. The Balaban J connectivity index is 1.83. The van der Waals surface area contributed by atoms with E-state index in [1.165, 1.54) is 44.6 Å². The summed E-state index contributed by atoms with van der Waals surface area (Å²) in [5.74, 6) is -1.12. The number of furan rings is 1. The Morgan fingerprint density at radius 3 is 2.36 bits per heavy atom. The predicted octanol–water partition coefficient (Wildman–Crippen LogP) is 5.25. The number of halogens is 3. The van der Waals surface area contributed by atoms with Crippen LogP contribution in [0.15, 0.2) is 64.6 Å². The third kappa shape index (κ3) is 4.53. The second kappa shape index (κ2) is 9.44. The fourth-order valence-electron chi connectivity index (χ4n) is 4.12. The molecule has 2 aromatic carbocycles. The molecule has 1 saturated heterocycles. The maximum Gasteiger partial charge on any atom is 0.416 e. The van der Waals surface area contributed by atoms with Gasteiger partial charge in [0.25, 0.3) is 11.7 Å². The lowest BCUT2D eigenvalue weighted by atomic mass is 9.99. The summed E-state index contributed by atoms with van der Waals surface area (Å²) in [4.78, 5) is 27.3. The monoisotopic (exact) mass is 501 g/mol. The Morgan fingerprint density at radius 1 is 1.03 bits per heavy atom. The minimum Gasteiger partial charge on any atom is -0.507 e. The largest absolute Gasteiger partial charge is 0.507 e. The number of aliphatic hydroxyl groups excluding tert-OH is 1. The Bertz CT molecular complexity index is 1360. The van der Waals surface area contributed by atoms with Gasteiger partial charge in [0, 0.05) is 12.1 Å². The van der Waals surface area contributed by atoms with Gasteiger partial charge in [0.2, 0.25) is 0 Å². The van der Waals surface area contributed by atoms with Crippen molar-refractivity contribution >= 4 is 17.4 Å². The number of hydrogen-bond acceptors (Lipinski definition) is 6. The molecule has 4 rings (SSSR count). The molecule has 0 aliphatic carbocycles. The molecule has 1 aromatic heterocycles. The number of nitrogens with zero attached hydrogens (tertiary/aromatic N) is 1. The van der Waals surface area contributed by atoms with Crippen LogP contribution in [0.5, 0.6) is 11.5 Å². The molecule has 2 heterocycles. The molecular weight excluding hydrogens is 479 g/mol. The highest BCUT2D eigenvalue weighted by molar-refractivity contribution is 6.46. The summed E-state index contributed by atoms with van der Waals surface area (Å²) in [6.45, 7) is 1.35. The third-order valence-corrected chi connectivity index (χ3v) is 5.83.